The summed E-state index contributed by atoms with van der Waals surface area (Å²) in [5, 5.41) is 5.26. The molecule has 0 heterocycles. The summed E-state index contributed by atoms with van der Waals surface area (Å²) in [5.74, 6) is 0. The van der Waals surface area contributed by atoms with Gasteiger partial charge in [0.05, 0.1) is 0 Å². The summed E-state index contributed by atoms with van der Waals surface area (Å²) in [6, 6.07) is 22.6. The van der Waals surface area contributed by atoms with E-state index in [1.54, 1.807) is 6.07 Å². The number of aryl methyl sites for hydroxylation is 7. The second-order valence-corrected chi connectivity index (χ2v) is 15.8. The van der Waals surface area contributed by atoms with Gasteiger partial charge in [-0.05, 0) is 141 Å². The van der Waals surface area contributed by atoms with Crippen molar-refractivity contribution in [3.05, 3.63) is 99.6 Å². The Hall–Kier alpha value is -3.07. The fraction of sp³-hybridized carbons (Fsp3) is 0.422. The summed E-state index contributed by atoms with van der Waals surface area (Å²) in [5.41, 5.74) is 12.9. The standard InChI is InChI=1S/C45H58O3P/c1-8-14-31-22-33(16-10-3)39-28-41(35(18-12-5)26-37(39)24-31)44-30(7)20-21-43(49(46,47)48)45(44)42-29-40-34(17-11-4)23-32(15-9-2)25-38(40)27-36(42)19-13-6/h20-29,46-48H,8-19H2,1-7H3/q+1. The SMILES string of the molecule is CCCc1cc(CCC)c2cc(-c3c(C)ccc([P+](O)(O)O)c3-c3cc4c(CCC)cc(CCC)cc4cc3CCC)c(CCC)cc2c1. The van der Waals surface area contributed by atoms with Gasteiger partial charge >= 0.3 is 7.94 Å². The first-order chi connectivity index (χ1) is 23.6. The molecule has 49 heavy (non-hydrogen) atoms. The fourth-order valence-corrected chi connectivity index (χ4v) is 8.82. The molecule has 5 aromatic rings. The molecule has 0 aromatic heterocycles. The highest BCUT2D eigenvalue weighted by molar-refractivity contribution is 7.67. The molecule has 0 bridgehead atoms. The number of hydrogen-bond acceptors (Lipinski definition) is 3. The predicted molar refractivity (Wildman–Crippen MR) is 214 cm³/mol. The lowest BCUT2D eigenvalue weighted by molar-refractivity contribution is 0.347. The summed E-state index contributed by atoms with van der Waals surface area (Å²) in [7, 11) is -4.39. The maximum absolute atomic E-state index is 11.1. The summed E-state index contributed by atoms with van der Waals surface area (Å²) >= 11 is 0. The van der Waals surface area contributed by atoms with Gasteiger partial charge in [0.25, 0.3) is 0 Å². The minimum Gasteiger partial charge on any atom is -0.189 e. The lowest BCUT2D eigenvalue weighted by atomic mass is 9.82. The molecular formula is C45H58O3P+. The molecule has 0 radical (unpaired) electrons. The smallest absolute Gasteiger partial charge is 0.189 e. The Labute approximate surface area is 296 Å². The van der Waals surface area contributed by atoms with Crippen molar-refractivity contribution in [1.29, 1.82) is 0 Å². The Morgan fingerprint density at radius 2 is 0.857 bits per heavy atom. The molecule has 0 amide bonds. The Morgan fingerprint density at radius 3 is 1.27 bits per heavy atom. The van der Waals surface area contributed by atoms with Crippen molar-refractivity contribution in [1.82, 2.24) is 0 Å². The Balaban J connectivity index is 1.94. The van der Waals surface area contributed by atoms with E-state index < -0.39 is 7.94 Å². The normalized spacial score (nSPS) is 12.0. The zero-order chi connectivity index (χ0) is 35.3. The third kappa shape index (κ3) is 7.97. The molecular weight excluding hydrogens is 619 g/mol. The van der Waals surface area contributed by atoms with Crippen LogP contribution < -0.4 is 5.30 Å². The van der Waals surface area contributed by atoms with Crippen LogP contribution in [0.4, 0.5) is 0 Å². The monoisotopic (exact) mass is 677 g/mol. The Bertz CT molecular complexity index is 1930. The van der Waals surface area contributed by atoms with Crippen molar-refractivity contribution in [2.45, 2.75) is 126 Å². The van der Waals surface area contributed by atoms with E-state index in [1.165, 1.54) is 54.9 Å². The fourth-order valence-electron chi connectivity index (χ4n) is 8.01. The van der Waals surface area contributed by atoms with Gasteiger partial charge in [-0.3, -0.25) is 0 Å². The summed E-state index contributed by atoms with van der Waals surface area (Å²) in [6.07, 6.45) is 12.2. The van der Waals surface area contributed by atoms with E-state index in [1.807, 2.05) is 6.07 Å². The topological polar surface area (TPSA) is 60.7 Å². The van der Waals surface area contributed by atoms with Crippen LogP contribution in [0.5, 0.6) is 0 Å². The molecule has 0 spiro atoms. The van der Waals surface area contributed by atoms with E-state index in [4.69, 9.17) is 0 Å². The van der Waals surface area contributed by atoms with E-state index in [9.17, 15) is 14.7 Å². The van der Waals surface area contributed by atoms with Gasteiger partial charge in [-0.2, -0.15) is 14.7 Å². The molecule has 0 aliphatic carbocycles. The van der Waals surface area contributed by atoms with Crippen LogP contribution >= 0.6 is 7.94 Å². The van der Waals surface area contributed by atoms with Crippen LogP contribution in [0.1, 0.15) is 119 Å². The van der Waals surface area contributed by atoms with Gasteiger partial charge in [-0.1, -0.05) is 123 Å². The van der Waals surface area contributed by atoms with E-state index in [2.05, 4.69) is 97.0 Å². The average molecular weight is 678 g/mol. The minimum atomic E-state index is -4.39. The van der Waals surface area contributed by atoms with Crippen LogP contribution in [0.15, 0.2) is 60.7 Å². The van der Waals surface area contributed by atoms with Crippen molar-refractivity contribution in [3.63, 3.8) is 0 Å². The van der Waals surface area contributed by atoms with Crippen LogP contribution in [0.3, 0.4) is 0 Å². The van der Waals surface area contributed by atoms with Gasteiger partial charge in [0.1, 0.15) is 0 Å². The molecule has 0 saturated carbocycles. The van der Waals surface area contributed by atoms with Crippen molar-refractivity contribution in [2.75, 3.05) is 0 Å². The number of benzene rings is 5. The molecule has 3 N–H and O–H groups in total. The third-order valence-electron chi connectivity index (χ3n) is 10.1. The summed E-state index contributed by atoms with van der Waals surface area (Å²) in [4.78, 5) is 33.4. The lowest BCUT2D eigenvalue weighted by Crippen LogP contribution is -2.16. The number of rotatable bonds is 15. The molecule has 5 rings (SSSR count). The van der Waals surface area contributed by atoms with Crippen molar-refractivity contribution < 1.29 is 14.7 Å². The first kappa shape index (κ1) is 37.2. The molecule has 3 nitrogen and oxygen atoms in total. The third-order valence-corrected chi connectivity index (χ3v) is 11.1. The van der Waals surface area contributed by atoms with Crippen LogP contribution in [-0.4, -0.2) is 14.7 Å². The Morgan fingerprint density at radius 1 is 0.449 bits per heavy atom. The Kier molecular flexibility index (Phi) is 12.4. The van der Waals surface area contributed by atoms with Gasteiger partial charge in [0.15, 0.2) is 5.30 Å². The van der Waals surface area contributed by atoms with Crippen LogP contribution in [0.25, 0.3) is 43.8 Å². The van der Waals surface area contributed by atoms with Crippen molar-refractivity contribution in [2.24, 2.45) is 0 Å². The first-order valence-corrected chi connectivity index (χ1v) is 20.6. The number of hydrogen-bond donors (Lipinski definition) is 3. The van der Waals surface area contributed by atoms with E-state index in [-0.39, 0.29) is 5.30 Å². The van der Waals surface area contributed by atoms with Crippen LogP contribution in [-0.2, 0) is 38.5 Å². The van der Waals surface area contributed by atoms with E-state index >= 15 is 0 Å². The quantitative estimate of drug-likeness (QED) is 0.0967. The van der Waals surface area contributed by atoms with Gasteiger partial charge < -0.3 is 0 Å². The molecule has 0 aliphatic rings. The van der Waals surface area contributed by atoms with Gasteiger partial charge in [-0.15, -0.1) is 0 Å². The molecule has 0 atom stereocenters. The van der Waals surface area contributed by atoms with Crippen molar-refractivity contribution >= 4 is 34.8 Å². The van der Waals surface area contributed by atoms with Crippen molar-refractivity contribution in [3.8, 4) is 22.3 Å². The second-order valence-electron chi connectivity index (χ2n) is 14.2. The molecule has 0 saturated heterocycles. The maximum atomic E-state index is 11.1. The highest BCUT2D eigenvalue weighted by atomic mass is 31.2. The van der Waals surface area contributed by atoms with Gasteiger partial charge in [0, 0.05) is 5.56 Å². The molecule has 0 fully saturated rings. The maximum Gasteiger partial charge on any atom is 0.441 e. The minimum absolute atomic E-state index is 0.235. The van der Waals surface area contributed by atoms with E-state index in [0.717, 1.165) is 105 Å². The number of fused-ring (bicyclic) bond motifs is 2. The predicted octanol–water partition coefficient (Wildman–Crippen LogP) is 11.7. The largest absolute Gasteiger partial charge is 0.441 e. The molecule has 4 heteroatoms. The second kappa shape index (κ2) is 16.3. The highest BCUT2D eigenvalue weighted by Gasteiger charge is 2.40. The summed E-state index contributed by atoms with van der Waals surface area (Å²) < 4.78 is 0. The zero-order valence-corrected chi connectivity index (χ0v) is 31.9. The lowest BCUT2D eigenvalue weighted by Gasteiger charge is -2.23. The molecule has 260 valence electrons. The van der Waals surface area contributed by atoms with Gasteiger partial charge in [-0.25, -0.2) is 0 Å². The van der Waals surface area contributed by atoms with Gasteiger partial charge in [0.2, 0.25) is 0 Å². The molecule has 0 aliphatic heterocycles. The summed E-state index contributed by atoms with van der Waals surface area (Å²) in [6.45, 7) is 15.5. The molecule has 0 unspecified atom stereocenters. The zero-order valence-electron chi connectivity index (χ0n) is 31.0. The van der Waals surface area contributed by atoms with Crippen LogP contribution in [0, 0.1) is 6.92 Å². The van der Waals surface area contributed by atoms with E-state index in [0.29, 0.717) is 0 Å². The molecule has 5 aromatic carbocycles. The first-order valence-electron chi connectivity index (χ1n) is 19.0. The van der Waals surface area contributed by atoms with Crippen LogP contribution in [0.2, 0.25) is 0 Å². The average Bonchev–Trinajstić information content (AvgIpc) is 3.05. The highest BCUT2D eigenvalue weighted by Crippen LogP contribution is 2.51.